The monoisotopic (exact) mass is 237 g/mol. The quantitative estimate of drug-likeness (QED) is 0.746. The number of rotatable bonds is 5. The second-order valence-corrected chi connectivity index (χ2v) is 5.85. The lowest BCUT2D eigenvalue weighted by Crippen LogP contribution is -2.29. The van der Waals surface area contributed by atoms with Crippen molar-refractivity contribution in [2.24, 2.45) is 17.8 Å². The van der Waals surface area contributed by atoms with E-state index in [1.807, 2.05) is 6.08 Å². The summed E-state index contributed by atoms with van der Waals surface area (Å²) in [6.07, 6.45) is 7.53. The van der Waals surface area contributed by atoms with Crippen molar-refractivity contribution in [1.29, 1.82) is 0 Å². The molecule has 0 aromatic heterocycles. The Morgan fingerprint density at radius 1 is 1.41 bits per heavy atom. The first-order valence-electron chi connectivity index (χ1n) is 6.65. The van der Waals surface area contributed by atoms with Gasteiger partial charge in [-0.15, -0.1) is 0 Å². The largest absolute Gasteiger partial charge is 0.478 e. The maximum absolute atomic E-state index is 10.7. The average molecular weight is 237 g/mol. The third-order valence-corrected chi connectivity index (χ3v) is 4.48. The summed E-state index contributed by atoms with van der Waals surface area (Å²) in [6, 6.07) is 0. The first kappa shape index (κ1) is 12.6. The van der Waals surface area contributed by atoms with Gasteiger partial charge >= 0.3 is 5.97 Å². The summed E-state index contributed by atoms with van der Waals surface area (Å²) < 4.78 is 0. The minimum absolute atomic E-state index is 0.449. The molecular weight excluding hydrogens is 214 g/mol. The van der Waals surface area contributed by atoms with Crippen LogP contribution in [0.2, 0.25) is 0 Å². The van der Waals surface area contributed by atoms with Crippen molar-refractivity contribution >= 4 is 5.97 Å². The van der Waals surface area contributed by atoms with Crippen LogP contribution in [0.4, 0.5) is 0 Å². The molecule has 3 atom stereocenters. The highest BCUT2D eigenvalue weighted by Gasteiger charge is 2.39. The highest BCUT2D eigenvalue weighted by molar-refractivity contribution is 5.85. The summed E-state index contributed by atoms with van der Waals surface area (Å²) in [7, 11) is 2.09. The minimum atomic E-state index is -0.807. The summed E-state index contributed by atoms with van der Waals surface area (Å²) >= 11 is 0. The third-order valence-electron chi connectivity index (χ3n) is 4.48. The predicted octanol–water partition coefficient (Wildman–Crippen LogP) is 2.39. The molecule has 3 heteroatoms. The van der Waals surface area contributed by atoms with Gasteiger partial charge in [0.1, 0.15) is 0 Å². The maximum atomic E-state index is 10.7. The standard InChI is InChI=1S/C14H23NO2/c1-10(14(16)17)5-6-15(2)9-13-8-11-3-4-12(13)7-11/h5,11-13H,3-4,6-9H2,1-2H3,(H,16,17). The molecule has 0 aromatic carbocycles. The summed E-state index contributed by atoms with van der Waals surface area (Å²) in [5.41, 5.74) is 0.449. The van der Waals surface area contributed by atoms with Crippen LogP contribution >= 0.6 is 0 Å². The SMILES string of the molecule is CC(=CCN(C)CC1CC2CCC1C2)C(=O)O. The Bertz CT molecular complexity index is 324. The van der Waals surface area contributed by atoms with Gasteiger partial charge in [0, 0.05) is 18.7 Å². The fraction of sp³-hybridized carbons (Fsp3) is 0.786. The molecule has 1 N–H and O–H groups in total. The summed E-state index contributed by atoms with van der Waals surface area (Å²) in [6.45, 7) is 3.55. The van der Waals surface area contributed by atoms with E-state index < -0.39 is 5.97 Å². The smallest absolute Gasteiger partial charge is 0.330 e. The molecule has 2 fully saturated rings. The first-order chi connectivity index (χ1) is 8.06. The van der Waals surface area contributed by atoms with Crippen LogP contribution in [-0.4, -0.2) is 36.1 Å². The molecule has 2 saturated carbocycles. The van der Waals surface area contributed by atoms with E-state index in [0.717, 1.165) is 30.8 Å². The van der Waals surface area contributed by atoms with Crippen LogP contribution in [0.5, 0.6) is 0 Å². The zero-order chi connectivity index (χ0) is 12.4. The molecule has 0 radical (unpaired) electrons. The van der Waals surface area contributed by atoms with E-state index in [1.54, 1.807) is 6.92 Å². The number of nitrogens with zero attached hydrogens (tertiary/aromatic N) is 1. The lowest BCUT2D eigenvalue weighted by molar-refractivity contribution is -0.132. The molecule has 0 amide bonds. The zero-order valence-electron chi connectivity index (χ0n) is 10.9. The second kappa shape index (κ2) is 5.21. The number of carbonyl (C=O) groups is 1. The Morgan fingerprint density at radius 2 is 2.18 bits per heavy atom. The lowest BCUT2D eigenvalue weighted by Gasteiger charge is -2.26. The van der Waals surface area contributed by atoms with Gasteiger partial charge in [-0.3, -0.25) is 0 Å². The molecule has 96 valence electrons. The van der Waals surface area contributed by atoms with Crippen LogP contribution in [0.1, 0.15) is 32.6 Å². The molecule has 2 rings (SSSR count). The van der Waals surface area contributed by atoms with Crippen molar-refractivity contribution in [1.82, 2.24) is 4.90 Å². The van der Waals surface area contributed by atoms with E-state index >= 15 is 0 Å². The molecule has 0 aromatic rings. The molecule has 3 unspecified atom stereocenters. The van der Waals surface area contributed by atoms with Gasteiger partial charge in [0.25, 0.3) is 0 Å². The van der Waals surface area contributed by atoms with Crippen LogP contribution in [0, 0.1) is 17.8 Å². The van der Waals surface area contributed by atoms with Crippen molar-refractivity contribution in [2.45, 2.75) is 32.6 Å². The molecule has 0 heterocycles. The van der Waals surface area contributed by atoms with Crippen molar-refractivity contribution < 1.29 is 9.90 Å². The maximum Gasteiger partial charge on any atom is 0.330 e. The molecular formula is C14H23NO2. The Hall–Kier alpha value is -0.830. The molecule has 2 aliphatic carbocycles. The number of hydrogen-bond donors (Lipinski definition) is 1. The first-order valence-corrected chi connectivity index (χ1v) is 6.65. The van der Waals surface area contributed by atoms with Gasteiger partial charge in [0.15, 0.2) is 0 Å². The Balaban J connectivity index is 1.76. The van der Waals surface area contributed by atoms with E-state index in [2.05, 4.69) is 11.9 Å². The molecule has 17 heavy (non-hydrogen) atoms. The van der Waals surface area contributed by atoms with Gasteiger partial charge in [0.05, 0.1) is 0 Å². The Kier molecular flexibility index (Phi) is 3.87. The van der Waals surface area contributed by atoms with Gasteiger partial charge in [0.2, 0.25) is 0 Å². The molecule has 3 nitrogen and oxygen atoms in total. The summed E-state index contributed by atoms with van der Waals surface area (Å²) in [5, 5.41) is 8.78. The van der Waals surface area contributed by atoms with Crippen LogP contribution in [-0.2, 0) is 4.79 Å². The summed E-state index contributed by atoms with van der Waals surface area (Å²) in [4.78, 5) is 12.9. The van der Waals surface area contributed by atoms with E-state index in [9.17, 15) is 4.79 Å². The number of fused-ring (bicyclic) bond motifs is 2. The highest BCUT2D eigenvalue weighted by Crippen LogP contribution is 2.48. The van der Waals surface area contributed by atoms with E-state index in [1.165, 1.54) is 25.7 Å². The third kappa shape index (κ3) is 3.09. The van der Waals surface area contributed by atoms with Gasteiger partial charge in [-0.2, -0.15) is 0 Å². The molecule has 0 spiro atoms. The topological polar surface area (TPSA) is 40.5 Å². The molecule has 0 saturated heterocycles. The Labute approximate surface area is 103 Å². The number of carboxylic acid groups (broad SMARTS) is 1. The van der Waals surface area contributed by atoms with Gasteiger partial charge in [-0.05, 0) is 51.0 Å². The number of aliphatic carboxylic acids is 1. The molecule has 0 aliphatic heterocycles. The fourth-order valence-electron chi connectivity index (χ4n) is 3.46. The lowest BCUT2D eigenvalue weighted by atomic mass is 9.88. The Morgan fingerprint density at radius 3 is 2.71 bits per heavy atom. The van der Waals surface area contributed by atoms with E-state index in [4.69, 9.17) is 5.11 Å². The van der Waals surface area contributed by atoms with Crippen molar-refractivity contribution in [3.05, 3.63) is 11.6 Å². The minimum Gasteiger partial charge on any atom is -0.478 e. The fourth-order valence-corrected chi connectivity index (χ4v) is 3.46. The van der Waals surface area contributed by atoms with Gasteiger partial charge in [-0.25, -0.2) is 4.79 Å². The van der Waals surface area contributed by atoms with Crippen LogP contribution < -0.4 is 0 Å². The van der Waals surface area contributed by atoms with Crippen molar-refractivity contribution in [3.63, 3.8) is 0 Å². The van der Waals surface area contributed by atoms with Gasteiger partial charge in [-0.1, -0.05) is 12.5 Å². The number of hydrogen-bond acceptors (Lipinski definition) is 2. The number of carboxylic acids is 1. The zero-order valence-corrected chi connectivity index (χ0v) is 10.9. The van der Waals surface area contributed by atoms with E-state index in [-0.39, 0.29) is 0 Å². The average Bonchev–Trinajstić information content (AvgIpc) is 2.87. The summed E-state index contributed by atoms with van der Waals surface area (Å²) in [5.74, 6) is 2.00. The predicted molar refractivity (Wildman–Crippen MR) is 67.8 cm³/mol. The van der Waals surface area contributed by atoms with Crippen molar-refractivity contribution in [2.75, 3.05) is 20.1 Å². The highest BCUT2D eigenvalue weighted by atomic mass is 16.4. The number of likely N-dealkylation sites (N-methyl/N-ethyl adjacent to an activating group) is 1. The van der Waals surface area contributed by atoms with Crippen molar-refractivity contribution in [3.8, 4) is 0 Å². The van der Waals surface area contributed by atoms with Crippen LogP contribution in [0.25, 0.3) is 0 Å². The van der Waals surface area contributed by atoms with Crippen LogP contribution in [0.3, 0.4) is 0 Å². The normalized spacial score (nSPS) is 32.4. The molecule has 2 aliphatic rings. The molecule has 2 bridgehead atoms. The van der Waals surface area contributed by atoms with E-state index in [0.29, 0.717) is 5.57 Å². The van der Waals surface area contributed by atoms with Gasteiger partial charge < -0.3 is 10.0 Å². The van der Waals surface area contributed by atoms with Crippen LogP contribution in [0.15, 0.2) is 11.6 Å². The second-order valence-electron chi connectivity index (χ2n) is 5.85.